The van der Waals surface area contributed by atoms with E-state index < -0.39 is 17.8 Å². The van der Waals surface area contributed by atoms with Gasteiger partial charge in [0.2, 0.25) is 5.91 Å². The Morgan fingerprint density at radius 2 is 1.80 bits per heavy atom. The van der Waals surface area contributed by atoms with Crippen LogP contribution in [0.15, 0.2) is 48.5 Å². The maximum Gasteiger partial charge on any atom is 0.416 e. The van der Waals surface area contributed by atoms with Gasteiger partial charge in [0.25, 0.3) is 0 Å². The van der Waals surface area contributed by atoms with E-state index in [1.54, 1.807) is 12.1 Å². The number of hydrogen-bond acceptors (Lipinski definition) is 2. The van der Waals surface area contributed by atoms with E-state index in [2.05, 4.69) is 5.32 Å². The third-order valence-corrected chi connectivity index (χ3v) is 3.65. The zero-order valence-corrected chi connectivity index (χ0v) is 13.2. The fraction of sp³-hybridized carbons (Fsp3) is 0.278. The number of halogens is 4. The molecule has 0 saturated carbocycles. The topological polar surface area (TPSA) is 49.3 Å². The summed E-state index contributed by atoms with van der Waals surface area (Å²) in [6.45, 7) is -0.191. The molecule has 0 aliphatic heterocycles. The fourth-order valence-corrected chi connectivity index (χ4v) is 2.25. The summed E-state index contributed by atoms with van der Waals surface area (Å²) in [6, 6.07) is 10.1. The van der Waals surface area contributed by atoms with Crippen molar-refractivity contribution in [3.05, 3.63) is 71.0 Å². The van der Waals surface area contributed by atoms with Crippen LogP contribution in [0.3, 0.4) is 0 Å². The summed E-state index contributed by atoms with van der Waals surface area (Å²) in [4.78, 5) is 11.8. The van der Waals surface area contributed by atoms with Crippen molar-refractivity contribution in [3.8, 4) is 0 Å². The van der Waals surface area contributed by atoms with Gasteiger partial charge >= 0.3 is 6.18 Å². The first-order chi connectivity index (χ1) is 11.8. The number of alkyl halides is 3. The van der Waals surface area contributed by atoms with Gasteiger partial charge < -0.3 is 10.4 Å². The minimum absolute atomic E-state index is 0.0775. The smallest absolute Gasteiger partial charge is 0.387 e. The van der Waals surface area contributed by atoms with Crippen LogP contribution in [-0.2, 0) is 17.4 Å². The van der Waals surface area contributed by atoms with Gasteiger partial charge in [-0.25, -0.2) is 4.39 Å². The standard InChI is InChI=1S/C18H17F4NO2/c19-15-7-4-12(5-8-15)6-9-17(25)23-11-16(24)13-2-1-3-14(10-13)18(20,21)22/h1-5,7-8,10,16,24H,6,9,11H2,(H,23,25). The van der Waals surface area contributed by atoms with Gasteiger partial charge in [-0.3, -0.25) is 4.79 Å². The molecule has 0 spiro atoms. The summed E-state index contributed by atoms with van der Waals surface area (Å²) in [5.74, 6) is -0.715. The summed E-state index contributed by atoms with van der Waals surface area (Å²) in [5, 5.41) is 12.4. The average Bonchev–Trinajstić information content (AvgIpc) is 2.58. The van der Waals surface area contributed by atoms with Crippen molar-refractivity contribution in [2.75, 3.05) is 6.54 Å². The molecular formula is C18H17F4NO2. The number of amides is 1. The molecule has 0 heterocycles. The van der Waals surface area contributed by atoms with Crippen LogP contribution in [0.2, 0.25) is 0 Å². The van der Waals surface area contributed by atoms with Gasteiger partial charge in [0, 0.05) is 13.0 Å². The Balaban J connectivity index is 1.84. The molecule has 2 aromatic carbocycles. The Morgan fingerprint density at radius 3 is 2.44 bits per heavy atom. The number of carbonyl (C=O) groups is 1. The minimum Gasteiger partial charge on any atom is -0.387 e. The summed E-state index contributed by atoms with van der Waals surface area (Å²) >= 11 is 0. The zero-order valence-electron chi connectivity index (χ0n) is 13.2. The molecule has 1 atom stereocenters. The van der Waals surface area contributed by atoms with E-state index in [9.17, 15) is 27.5 Å². The summed E-state index contributed by atoms with van der Waals surface area (Å²) < 4.78 is 50.8. The molecular weight excluding hydrogens is 338 g/mol. The molecule has 0 aromatic heterocycles. The SMILES string of the molecule is O=C(CCc1ccc(F)cc1)NCC(O)c1cccc(C(F)(F)F)c1. The number of carbonyl (C=O) groups excluding carboxylic acids is 1. The van der Waals surface area contributed by atoms with Gasteiger partial charge in [-0.1, -0.05) is 24.3 Å². The molecule has 25 heavy (non-hydrogen) atoms. The second-order valence-corrected chi connectivity index (χ2v) is 5.57. The van der Waals surface area contributed by atoms with Crippen molar-refractivity contribution in [3.63, 3.8) is 0 Å². The highest BCUT2D eigenvalue weighted by atomic mass is 19.4. The summed E-state index contributed by atoms with van der Waals surface area (Å²) in [5.41, 5.74) is 0.00956. The molecule has 0 aliphatic carbocycles. The summed E-state index contributed by atoms with van der Waals surface area (Å²) in [6.07, 6.45) is -5.21. The van der Waals surface area contributed by atoms with Crippen LogP contribution in [0.1, 0.15) is 29.2 Å². The van der Waals surface area contributed by atoms with Gasteiger partial charge in [0.1, 0.15) is 5.82 Å². The van der Waals surface area contributed by atoms with Crippen LogP contribution >= 0.6 is 0 Å². The minimum atomic E-state index is -4.49. The zero-order chi connectivity index (χ0) is 18.4. The van der Waals surface area contributed by atoms with E-state index in [1.165, 1.54) is 24.3 Å². The van der Waals surface area contributed by atoms with Gasteiger partial charge in [-0.05, 0) is 41.8 Å². The van der Waals surface area contributed by atoms with Gasteiger partial charge in [0.15, 0.2) is 0 Å². The highest BCUT2D eigenvalue weighted by molar-refractivity contribution is 5.76. The van der Waals surface area contributed by atoms with Crippen molar-refractivity contribution in [2.24, 2.45) is 0 Å². The molecule has 0 aliphatic rings. The Hall–Kier alpha value is -2.41. The molecule has 134 valence electrons. The highest BCUT2D eigenvalue weighted by Crippen LogP contribution is 2.30. The molecule has 1 amide bonds. The number of aryl methyl sites for hydroxylation is 1. The van der Waals surface area contributed by atoms with Crippen molar-refractivity contribution in [1.82, 2.24) is 5.32 Å². The predicted octanol–water partition coefficient (Wildman–Crippen LogP) is 3.63. The molecule has 0 saturated heterocycles. The first-order valence-corrected chi connectivity index (χ1v) is 7.62. The lowest BCUT2D eigenvalue weighted by Crippen LogP contribution is -2.28. The Morgan fingerprint density at radius 1 is 1.12 bits per heavy atom. The van der Waals surface area contributed by atoms with Crippen molar-refractivity contribution in [2.45, 2.75) is 25.1 Å². The second-order valence-electron chi connectivity index (χ2n) is 5.57. The van der Waals surface area contributed by atoms with Crippen LogP contribution in [0.4, 0.5) is 17.6 Å². The highest BCUT2D eigenvalue weighted by Gasteiger charge is 2.30. The Kier molecular flexibility index (Phi) is 6.14. The predicted molar refractivity (Wildman–Crippen MR) is 84.1 cm³/mol. The number of hydrogen-bond donors (Lipinski definition) is 2. The Labute approximate surface area is 142 Å². The normalized spacial score (nSPS) is 12.7. The third-order valence-electron chi connectivity index (χ3n) is 3.65. The first kappa shape index (κ1) is 18.9. The van der Waals surface area contributed by atoms with Gasteiger partial charge in [0.05, 0.1) is 11.7 Å². The maximum absolute atomic E-state index is 12.8. The maximum atomic E-state index is 12.8. The molecule has 2 rings (SSSR count). The van der Waals surface area contributed by atoms with E-state index >= 15 is 0 Å². The molecule has 0 fully saturated rings. The van der Waals surface area contributed by atoms with Crippen LogP contribution in [0.25, 0.3) is 0 Å². The lowest BCUT2D eigenvalue weighted by atomic mass is 10.1. The second kappa shape index (κ2) is 8.11. The summed E-state index contributed by atoms with van der Waals surface area (Å²) in [7, 11) is 0. The largest absolute Gasteiger partial charge is 0.416 e. The number of aliphatic hydroxyl groups is 1. The molecule has 0 radical (unpaired) electrons. The third kappa shape index (κ3) is 5.86. The van der Waals surface area contributed by atoms with Crippen LogP contribution < -0.4 is 5.32 Å². The van der Waals surface area contributed by atoms with Crippen LogP contribution in [0, 0.1) is 5.82 Å². The van der Waals surface area contributed by atoms with E-state index in [0.717, 1.165) is 17.7 Å². The van der Waals surface area contributed by atoms with Crippen molar-refractivity contribution in [1.29, 1.82) is 0 Å². The van der Waals surface area contributed by atoms with E-state index in [4.69, 9.17) is 0 Å². The lowest BCUT2D eigenvalue weighted by molar-refractivity contribution is -0.137. The molecule has 3 nitrogen and oxygen atoms in total. The first-order valence-electron chi connectivity index (χ1n) is 7.62. The van der Waals surface area contributed by atoms with E-state index in [0.29, 0.717) is 6.42 Å². The Bertz CT molecular complexity index is 714. The average molecular weight is 355 g/mol. The molecule has 1 unspecified atom stereocenters. The van der Waals surface area contributed by atoms with Gasteiger partial charge in [-0.2, -0.15) is 13.2 Å². The molecule has 7 heteroatoms. The molecule has 0 bridgehead atoms. The number of nitrogens with one attached hydrogen (secondary N) is 1. The van der Waals surface area contributed by atoms with E-state index in [1.807, 2.05) is 0 Å². The fourth-order valence-electron chi connectivity index (χ4n) is 2.25. The quantitative estimate of drug-likeness (QED) is 0.778. The molecule has 2 aromatic rings. The number of rotatable bonds is 6. The number of aliphatic hydroxyl groups excluding tert-OH is 1. The van der Waals surface area contributed by atoms with E-state index in [-0.39, 0.29) is 30.3 Å². The van der Waals surface area contributed by atoms with Crippen molar-refractivity contribution >= 4 is 5.91 Å². The van der Waals surface area contributed by atoms with Crippen molar-refractivity contribution < 1.29 is 27.5 Å². The monoisotopic (exact) mass is 355 g/mol. The number of benzene rings is 2. The van der Waals surface area contributed by atoms with Crippen LogP contribution in [0.5, 0.6) is 0 Å². The molecule has 2 N–H and O–H groups in total. The van der Waals surface area contributed by atoms with Gasteiger partial charge in [-0.15, -0.1) is 0 Å². The van der Waals surface area contributed by atoms with Crippen LogP contribution in [-0.4, -0.2) is 17.6 Å². The lowest BCUT2D eigenvalue weighted by Gasteiger charge is -2.14.